The molecule has 3 aromatic rings. The highest BCUT2D eigenvalue weighted by Crippen LogP contribution is 2.44. The van der Waals surface area contributed by atoms with Gasteiger partial charge in [0.1, 0.15) is 18.2 Å². The Labute approximate surface area is 207 Å². The van der Waals surface area contributed by atoms with Crippen molar-refractivity contribution >= 4 is 40.3 Å². The van der Waals surface area contributed by atoms with Crippen LogP contribution in [0.5, 0.6) is 5.75 Å². The third-order valence-electron chi connectivity index (χ3n) is 5.55. The van der Waals surface area contributed by atoms with Gasteiger partial charge in [0, 0.05) is 16.1 Å². The number of aromatic nitrogens is 1. The molecular formula is C25H16Cl2F4NO3-. The van der Waals surface area contributed by atoms with Crippen molar-refractivity contribution in [3.63, 3.8) is 0 Å². The SMILES string of the molecule is O=C([O-])c1cc(C(F)(F)F)cc(C2=C(c3cc(Cl)ccc3OCc3ccc(F)cc3Cl)CCC2)n1. The second kappa shape index (κ2) is 9.87. The number of hydrogen-bond acceptors (Lipinski definition) is 4. The van der Waals surface area contributed by atoms with Crippen LogP contribution in [0.4, 0.5) is 17.6 Å². The number of carbonyl (C=O) groups is 1. The van der Waals surface area contributed by atoms with Crippen molar-refractivity contribution in [2.45, 2.75) is 32.0 Å². The summed E-state index contributed by atoms with van der Waals surface area (Å²) in [4.78, 5) is 15.3. The van der Waals surface area contributed by atoms with Gasteiger partial charge in [-0.15, -0.1) is 0 Å². The molecule has 0 fully saturated rings. The topological polar surface area (TPSA) is 62.2 Å². The summed E-state index contributed by atoms with van der Waals surface area (Å²) in [5, 5.41) is 11.9. The van der Waals surface area contributed by atoms with Crippen molar-refractivity contribution in [3.05, 3.63) is 92.5 Å². The van der Waals surface area contributed by atoms with Gasteiger partial charge in [-0.2, -0.15) is 13.2 Å². The van der Waals surface area contributed by atoms with Crippen LogP contribution < -0.4 is 9.84 Å². The van der Waals surface area contributed by atoms with Crippen LogP contribution in [0, 0.1) is 5.82 Å². The molecular weight excluding hydrogens is 509 g/mol. The van der Waals surface area contributed by atoms with Crippen molar-refractivity contribution < 1.29 is 32.2 Å². The number of aromatic carboxylic acids is 1. The summed E-state index contributed by atoms with van der Waals surface area (Å²) >= 11 is 12.3. The number of carbonyl (C=O) groups excluding carboxylic acids is 1. The molecule has 0 spiro atoms. The van der Waals surface area contributed by atoms with Crippen LogP contribution in [0.25, 0.3) is 11.1 Å². The number of benzene rings is 2. The van der Waals surface area contributed by atoms with Gasteiger partial charge in [-0.1, -0.05) is 29.3 Å². The molecule has 0 saturated carbocycles. The Balaban J connectivity index is 1.78. The first kappa shape index (κ1) is 25.0. The number of ether oxygens (including phenoxy) is 1. The molecule has 0 N–H and O–H groups in total. The Morgan fingerprint density at radius 2 is 1.77 bits per heavy atom. The molecule has 1 aliphatic rings. The minimum absolute atomic E-state index is 0.00694. The number of nitrogens with zero attached hydrogens (tertiary/aromatic N) is 1. The van der Waals surface area contributed by atoms with Gasteiger partial charge in [-0.25, -0.2) is 9.37 Å². The van der Waals surface area contributed by atoms with Crippen LogP contribution in [0.2, 0.25) is 10.0 Å². The van der Waals surface area contributed by atoms with Crippen LogP contribution in [-0.4, -0.2) is 11.0 Å². The molecule has 0 amide bonds. The van der Waals surface area contributed by atoms with Crippen molar-refractivity contribution in [3.8, 4) is 5.75 Å². The molecule has 4 nitrogen and oxygen atoms in total. The Morgan fingerprint density at radius 3 is 2.46 bits per heavy atom. The van der Waals surface area contributed by atoms with Crippen molar-refractivity contribution in [2.75, 3.05) is 0 Å². The van der Waals surface area contributed by atoms with Gasteiger partial charge in [0.15, 0.2) is 0 Å². The second-order valence-corrected chi connectivity index (χ2v) is 8.73. The van der Waals surface area contributed by atoms with Crippen molar-refractivity contribution in [1.29, 1.82) is 0 Å². The van der Waals surface area contributed by atoms with E-state index in [-0.39, 0.29) is 17.3 Å². The molecule has 182 valence electrons. The summed E-state index contributed by atoms with van der Waals surface area (Å²) in [6.07, 6.45) is -3.28. The largest absolute Gasteiger partial charge is 0.543 e. The zero-order valence-corrected chi connectivity index (χ0v) is 19.4. The lowest BCUT2D eigenvalue weighted by molar-refractivity contribution is -0.255. The molecule has 10 heteroatoms. The van der Waals surface area contributed by atoms with Crippen molar-refractivity contribution in [1.82, 2.24) is 4.98 Å². The minimum Gasteiger partial charge on any atom is -0.543 e. The Kier molecular flexibility index (Phi) is 7.05. The van der Waals surface area contributed by atoms with E-state index in [0.29, 0.717) is 58.4 Å². The van der Waals surface area contributed by atoms with E-state index in [4.69, 9.17) is 27.9 Å². The maximum Gasteiger partial charge on any atom is 0.416 e. The summed E-state index contributed by atoms with van der Waals surface area (Å²) in [6.45, 7) is 0.00694. The number of carboxylic acid groups (broad SMARTS) is 1. The number of carboxylic acids is 1. The number of pyridine rings is 1. The number of hydrogen-bond donors (Lipinski definition) is 0. The van der Waals surface area contributed by atoms with Gasteiger partial charge >= 0.3 is 6.18 Å². The molecule has 2 aromatic carbocycles. The van der Waals surface area contributed by atoms with Gasteiger partial charge < -0.3 is 14.6 Å². The van der Waals surface area contributed by atoms with E-state index in [2.05, 4.69) is 4.98 Å². The van der Waals surface area contributed by atoms with E-state index in [9.17, 15) is 27.5 Å². The van der Waals surface area contributed by atoms with E-state index in [1.165, 1.54) is 12.1 Å². The quantitative estimate of drug-likeness (QED) is 0.341. The summed E-state index contributed by atoms with van der Waals surface area (Å²) in [5.74, 6) is -1.91. The molecule has 1 heterocycles. The lowest BCUT2D eigenvalue weighted by Gasteiger charge is -2.17. The average Bonchev–Trinajstić information content (AvgIpc) is 3.28. The van der Waals surface area contributed by atoms with Crippen molar-refractivity contribution in [2.24, 2.45) is 0 Å². The van der Waals surface area contributed by atoms with E-state index in [1.807, 2.05) is 0 Å². The van der Waals surface area contributed by atoms with Crippen LogP contribution in [-0.2, 0) is 12.8 Å². The number of rotatable bonds is 6. The molecule has 1 aliphatic carbocycles. The highest BCUT2D eigenvalue weighted by molar-refractivity contribution is 6.31. The zero-order chi connectivity index (χ0) is 25.3. The Hall–Kier alpha value is -3.10. The maximum atomic E-state index is 13.4. The van der Waals surface area contributed by atoms with Gasteiger partial charge in [-0.05, 0) is 72.9 Å². The van der Waals surface area contributed by atoms with Crippen LogP contribution in [0.15, 0.2) is 48.5 Å². The highest BCUT2D eigenvalue weighted by Gasteiger charge is 2.33. The summed E-state index contributed by atoms with van der Waals surface area (Å²) in [5.41, 5.74) is 0.148. The van der Waals surface area contributed by atoms with Crippen LogP contribution >= 0.6 is 23.2 Å². The fourth-order valence-corrected chi connectivity index (χ4v) is 4.33. The molecule has 0 bridgehead atoms. The van der Waals surface area contributed by atoms with Crippen LogP contribution in [0.1, 0.15) is 52.1 Å². The molecule has 0 saturated heterocycles. The minimum atomic E-state index is -4.76. The third kappa shape index (κ3) is 5.60. The lowest BCUT2D eigenvalue weighted by Crippen LogP contribution is -2.25. The lowest BCUT2D eigenvalue weighted by atomic mass is 9.98. The van der Waals surface area contributed by atoms with E-state index in [1.54, 1.807) is 18.2 Å². The maximum absolute atomic E-state index is 13.4. The van der Waals surface area contributed by atoms with Gasteiger partial charge in [0.05, 0.1) is 27.9 Å². The number of alkyl halides is 3. The number of allylic oxidation sites excluding steroid dienone is 2. The zero-order valence-electron chi connectivity index (χ0n) is 17.9. The fraction of sp³-hybridized carbons (Fsp3) is 0.200. The first-order valence-corrected chi connectivity index (χ1v) is 11.2. The standard InChI is InChI=1S/C25H17Cl2F4NO3/c26-15-5-7-23(35-12-13-4-6-16(28)11-20(13)27)19(10-15)17-2-1-3-18(17)21-8-14(25(29,30)31)9-22(32-21)24(33)34/h4-11H,1-3,12H2,(H,33,34)/p-1. The van der Waals surface area contributed by atoms with Crippen LogP contribution in [0.3, 0.4) is 0 Å². The van der Waals surface area contributed by atoms with Gasteiger partial charge in [-0.3, -0.25) is 0 Å². The molecule has 35 heavy (non-hydrogen) atoms. The Morgan fingerprint density at radius 1 is 1.03 bits per heavy atom. The summed E-state index contributed by atoms with van der Waals surface area (Å²) in [6, 6.07) is 10.0. The second-order valence-electron chi connectivity index (χ2n) is 7.89. The average molecular weight is 525 g/mol. The summed E-state index contributed by atoms with van der Waals surface area (Å²) in [7, 11) is 0. The predicted molar refractivity (Wildman–Crippen MR) is 121 cm³/mol. The summed E-state index contributed by atoms with van der Waals surface area (Å²) < 4.78 is 59.6. The molecule has 1 aromatic heterocycles. The molecule has 0 radical (unpaired) electrons. The smallest absolute Gasteiger partial charge is 0.416 e. The van der Waals surface area contributed by atoms with E-state index >= 15 is 0 Å². The third-order valence-corrected chi connectivity index (χ3v) is 6.14. The van der Waals surface area contributed by atoms with Gasteiger partial charge in [0.2, 0.25) is 0 Å². The first-order valence-electron chi connectivity index (χ1n) is 10.4. The number of halogens is 6. The monoisotopic (exact) mass is 524 g/mol. The first-order chi connectivity index (χ1) is 16.5. The highest BCUT2D eigenvalue weighted by atomic mass is 35.5. The van der Waals surface area contributed by atoms with E-state index in [0.717, 1.165) is 12.1 Å². The van der Waals surface area contributed by atoms with E-state index < -0.39 is 29.2 Å². The molecule has 0 aliphatic heterocycles. The Bertz CT molecular complexity index is 1340. The normalized spacial score (nSPS) is 13.9. The molecule has 4 rings (SSSR count). The van der Waals surface area contributed by atoms with Gasteiger partial charge in [0.25, 0.3) is 0 Å². The fourth-order valence-electron chi connectivity index (χ4n) is 3.94. The molecule has 0 unspecified atom stereocenters. The molecule has 0 atom stereocenters. The predicted octanol–water partition coefficient (Wildman–Crippen LogP) is 6.58.